The van der Waals surface area contributed by atoms with E-state index < -0.39 is 11.8 Å². The summed E-state index contributed by atoms with van der Waals surface area (Å²) < 4.78 is 20.1. The van der Waals surface area contributed by atoms with Gasteiger partial charge in [0.05, 0.1) is 31.6 Å². The summed E-state index contributed by atoms with van der Waals surface area (Å²) in [6.07, 6.45) is 4.09. The Kier molecular flexibility index (Phi) is 6.50. The first-order valence-electron chi connectivity index (χ1n) is 10.5. The van der Waals surface area contributed by atoms with E-state index in [1.807, 2.05) is 13.1 Å². The SMILES string of the molecule is CCc1c[nH]c2ncnc(-c3ccc(NC(=O)N(CCO)c4ccc(OC)cc4)c(F)c3)c12. The van der Waals surface area contributed by atoms with Crippen molar-refractivity contribution in [1.29, 1.82) is 0 Å². The number of hydrogen-bond acceptors (Lipinski definition) is 5. The Labute approximate surface area is 190 Å². The zero-order chi connectivity index (χ0) is 23.4. The van der Waals surface area contributed by atoms with Gasteiger partial charge in [-0.2, -0.15) is 0 Å². The number of hydrogen-bond donors (Lipinski definition) is 3. The minimum absolute atomic E-state index is 0.0234. The number of carbonyl (C=O) groups is 1. The fourth-order valence-electron chi connectivity index (χ4n) is 3.68. The number of aliphatic hydroxyl groups excluding tert-OH is 1. The molecule has 2 aromatic heterocycles. The van der Waals surface area contributed by atoms with E-state index in [2.05, 4.69) is 20.3 Å². The Morgan fingerprint density at radius 2 is 2.00 bits per heavy atom. The maximum absolute atomic E-state index is 15.0. The molecule has 0 bridgehead atoms. The van der Waals surface area contributed by atoms with Crippen LogP contribution >= 0.6 is 0 Å². The van der Waals surface area contributed by atoms with E-state index in [1.165, 1.54) is 23.4 Å². The second kappa shape index (κ2) is 9.66. The Hall–Kier alpha value is -3.98. The van der Waals surface area contributed by atoms with Crippen molar-refractivity contribution in [2.24, 2.45) is 0 Å². The molecule has 2 heterocycles. The fraction of sp³-hybridized carbons (Fsp3) is 0.208. The second-order valence-corrected chi connectivity index (χ2v) is 7.31. The molecule has 2 amide bonds. The highest BCUT2D eigenvalue weighted by Gasteiger charge is 2.18. The van der Waals surface area contributed by atoms with E-state index in [4.69, 9.17) is 4.74 Å². The monoisotopic (exact) mass is 449 g/mol. The molecular formula is C24H24FN5O3. The van der Waals surface area contributed by atoms with Gasteiger partial charge >= 0.3 is 6.03 Å². The summed E-state index contributed by atoms with van der Waals surface area (Å²) in [5.41, 5.74) is 3.49. The molecule has 4 aromatic rings. The number of H-pyrrole nitrogens is 1. The van der Waals surface area contributed by atoms with Crippen molar-refractivity contribution < 1.29 is 19.0 Å². The molecule has 3 N–H and O–H groups in total. The van der Waals surface area contributed by atoms with Crippen LogP contribution in [0.4, 0.5) is 20.6 Å². The van der Waals surface area contributed by atoms with Gasteiger partial charge < -0.3 is 20.1 Å². The van der Waals surface area contributed by atoms with Crippen molar-refractivity contribution in [3.63, 3.8) is 0 Å². The number of aryl methyl sites for hydroxylation is 1. The summed E-state index contributed by atoms with van der Waals surface area (Å²) in [5, 5.41) is 12.8. The number of methoxy groups -OCH3 is 1. The molecule has 8 nitrogen and oxygen atoms in total. The number of rotatable bonds is 7. The summed E-state index contributed by atoms with van der Waals surface area (Å²) in [5.74, 6) is 0.0390. The third-order valence-corrected chi connectivity index (χ3v) is 5.37. The van der Waals surface area contributed by atoms with Crippen LogP contribution in [-0.4, -0.2) is 46.4 Å². The summed E-state index contributed by atoms with van der Waals surface area (Å²) in [6.45, 7) is 1.82. The molecule has 9 heteroatoms. The molecule has 4 rings (SSSR count). The standard InChI is InChI=1S/C24H24FN5O3/c1-3-15-13-26-23-21(15)22(27-14-28-23)16-4-9-20(19(25)12-16)29-24(32)30(10-11-31)17-5-7-18(33-2)8-6-17/h4-9,12-14,31H,3,10-11H2,1-2H3,(H,29,32)(H,26,27,28). The van der Waals surface area contributed by atoms with Gasteiger partial charge in [0.15, 0.2) is 0 Å². The van der Waals surface area contributed by atoms with Crippen LogP contribution < -0.4 is 15.0 Å². The highest BCUT2D eigenvalue weighted by molar-refractivity contribution is 6.02. The van der Waals surface area contributed by atoms with Gasteiger partial charge in [-0.05, 0) is 48.4 Å². The van der Waals surface area contributed by atoms with E-state index in [9.17, 15) is 9.90 Å². The van der Waals surface area contributed by atoms with Gasteiger partial charge in [-0.15, -0.1) is 0 Å². The van der Waals surface area contributed by atoms with Crippen LogP contribution in [0.2, 0.25) is 0 Å². The van der Waals surface area contributed by atoms with Crippen LogP contribution in [0.5, 0.6) is 5.75 Å². The van der Waals surface area contributed by atoms with E-state index >= 15 is 4.39 Å². The number of urea groups is 1. The number of aromatic nitrogens is 3. The molecule has 0 spiro atoms. The minimum atomic E-state index is -0.597. The fourth-order valence-corrected chi connectivity index (χ4v) is 3.68. The first-order valence-corrected chi connectivity index (χ1v) is 10.5. The molecule has 2 aromatic carbocycles. The van der Waals surface area contributed by atoms with Crippen molar-refractivity contribution in [3.8, 4) is 17.0 Å². The largest absolute Gasteiger partial charge is 0.497 e. The normalized spacial score (nSPS) is 10.9. The van der Waals surface area contributed by atoms with Crippen LogP contribution in [0.15, 0.2) is 55.0 Å². The first kappa shape index (κ1) is 22.2. The minimum Gasteiger partial charge on any atom is -0.497 e. The first-order chi connectivity index (χ1) is 16.0. The molecule has 33 heavy (non-hydrogen) atoms. The molecule has 0 atom stereocenters. The number of anilines is 2. The van der Waals surface area contributed by atoms with Gasteiger partial charge in [0.25, 0.3) is 0 Å². The lowest BCUT2D eigenvalue weighted by Gasteiger charge is -2.23. The molecule has 170 valence electrons. The van der Waals surface area contributed by atoms with Crippen LogP contribution in [0.3, 0.4) is 0 Å². The van der Waals surface area contributed by atoms with Crippen molar-refractivity contribution in [1.82, 2.24) is 15.0 Å². The maximum atomic E-state index is 15.0. The second-order valence-electron chi connectivity index (χ2n) is 7.31. The average molecular weight is 449 g/mol. The van der Waals surface area contributed by atoms with Gasteiger partial charge in [-0.25, -0.2) is 19.2 Å². The van der Waals surface area contributed by atoms with Gasteiger partial charge in [0, 0.05) is 22.8 Å². The Bertz CT molecular complexity index is 1270. The Morgan fingerprint density at radius 3 is 2.67 bits per heavy atom. The number of fused-ring (bicyclic) bond motifs is 1. The van der Waals surface area contributed by atoms with E-state index in [0.29, 0.717) is 28.3 Å². The number of ether oxygens (including phenoxy) is 1. The molecule has 0 saturated heterocycles. The van der Waals surface area contributed by atoms with Gasteiger partial charge in [-0.3, -0.25) is 4.90 Å². The van der Waals surface area contributed by atoms with E-state index in [-0.39, 0.29) is 18.8 Å². The smallest absolute Gasteiger partial charge is 0.326 e. The predicted octanol–water partition coefficient (Wildman–Crippen LogP) is 4.37. The number of nitrogens with zero attached hydrogens (tertiary/aromatic N) is 3. The summed E-state index contributed by atoms with van der Waals surface area (Å²) in [7, 11) is 1.55. The number of halogens is 1. The molecule has 0 unspecified atom stereocenters. The van der Waals surface area contributed by atoms with Crippen LogP contribution in [0, 0.1) is 5.82 Å². The zero-order valence-corrected chi connectivity index (χ0v) is 18.3. The summed E-state index contributed by atoms with van der Waals surface area (Å²) in [6, 6.07) is 10.8. The number of carbonyl (C=O) groups excluding carboxylic acids is 1. The van der Waals surface area contributed by atoms with Crippen molar-refractivity contribution in [2.45, 2.75) is 13.3 Å². The molecule has 0 aliphatic rings. The van der Waals surface area contributed by atoms with Gasteiger partial charge in [-0.1, -0.05) is 13.0 Å². The van der Waals surface area contributed by atoms with Gasteiger partial charge in [0.1, 0.15) is 23.5 Å². The summed E-state index contributed by atoms with van der Waals surface area (Å²) in [4.78, 5) is 25.9. The predicted molar refractivity (Wildman–Crippen MR) is 125 cm³/mol. The number of aliphatic hydroxyl groups is 1. The van der Waals surface area contributed by atoms with Crippen LogP contribution in [0.25, 0.3) is 22.3 Å². The lowest BCUT2D eigenvalue weighted by atomic mass is 10.0. The number of aromatic amines is 1. The quantitative estimate of drug-likeness (QED) is 0.389. The molecule has 0 aliphatic heterocycles. The molecular weight excluding hydrogens is 425 g/mol. The molecule has 0 fully saturated rings. The molecule has 0 aliphatic carbocycles. The topological polar surface area (TPSA) is 103 Å². The average Bonchev–Trinajstić information content (AvgIpc) is 3.27. The molecule has 0 saturated carbocycles. The summed E-state index contributed by atoms with van der Waals surface area (Å²) >= 11 is 0. The zero-order valence-electron chi connectivity index (χ0n) is 18.3. The molecule has 0 radical (unpaired) electrons. The van der Waals surface area contributed by atoms with Crippen LogP contribution in [-0.2, 0) is 6.42 Å². The van der Waals surface area contributed by atoms with Gasteiger partial charge in [0.2, 0.25) is 0 Å². The number of benzene rings is 2. The highest BCUT2D eigenvalue weighted by Crippen LogP contribution is 2.30. The highest BCUT2D eigenvalue weighted by atomic mass is 19.1. The van der Waals surface area contributed by atoms with Crippen molar-refractivity contribution in [2.75, 3.05) is 30.5 Å². The Balaban J connectivity index is 1.60. The van der Waals surface area contributed by atoms with Crippen molar-refractivity contribution in [3.05, 3.63) is 66.4 Å². The lowest BCUT2D eigenvalue weighted by Crippen LogP contribution is -2.37. The van der Waals surface area contributed by atoms with Crippen LogP contribution in [0.1, 0.15) is 12.5 Å². The lowest BCUT2D eigenvalue weighted by molar-refractivity contribution is 0.252. The van der Waals surface area contributed by atoms with Crippen molar-refractivity contribution >= 4 is 28.4 Å². The Morgan fingerprint density at radius 1 is 1.21 bits per heavy atom. The third kappa shape index (κ3) is 4.49. The third-order valence-electron chi connectivity index (χ3n) is 5.37. The number of amides is 2. The van der Waals surface area contributed by atoms with E-state index in [1.54, 1.807) is 37.4 Å². The maximum Gasteiger partial charge on any atom is 0.326 e. The number of nitrogens with one attached hydrogen (secondary N) is 2. The van der Waals surface area contributed by atoms with E-state index in [0.717, 1.165) is 17.4 Å².